The van der Waals surface area contributed by atoms with Crippen LogP contribution in [0.25, 0.3) is 0 Å². The summed E-state index contributed by atoms with van der Waals surface area (Å²) in [5.74, 6) is 0. The van der Waals surface area contributed by atoms with Crippen LogP contribution >= 0.6 is 23.2 Å². The lowest BCUT2D eigenvalue weighted by Crippen LogP contribution is -2.46. The van der Waals surface area contributed by atoms with Crippen molar-refractivity contribution >= 4 is 29.5 Å². The van der Waals surface area contributed by atoms with Gasteiger partial charge in [-0.05, 0) is 23.8 Å². The van der Waals surface area contributed by atoms with Gasteiger partial charge in [0, 0.05) is 42.8 Å². The molecule has 18 heavy (non-hydrogen) atoms. The Kier molecular flexibility index (Phi) is 5.01. The third-order valence-electron chi connectivity index (χ3n) is 3.13. The van der Waals surface area contributed by atoms with Crippen LogP contribution in [-0.4, -0.2) is 48.8 Å². The summed E-state index contributed by atoms with van der Waals surface area (Å²) in [5, 5.41) is 1.36. The molecule has 2 rings (SSSR count). The zero-order valence-electron chi connectivity index (χ0n) is 10.1. The standard InChI is InChI=1S/C13H16Cl2N2O/c14-12-7-11(8-13(15)9-12)10-17-3-1-16(2-4-17)5-6-18/h6-9H,1-5,10H2. The molecular formula is C13H16Cl2N2O. The van der Waals surface area contributed by atoms with E-state index in [0.717, 1.165) is 44.6 Å². The highest BCUT2D eigenvalue weighted by Gasteiger charge is 2.16. The molecule has 1 fully saturated rings. The first-order valence-electron chi connectivity index (χ1n) is 6.00. The number of hydrogen-bond donors (Lipinski definition) is 0. The van der Waals surface area contributed by atoms with Gasteiger partial charge in [-0.1, -0.05) is 23.2 Å². The summed E-state index contributed by atoms with van der Waals surface area (Å²) < 4.78 is 0. The molecule has 1 saturated heterocycles. The molecule has 5 heteroatoms. The Balaban J connectivity index is 1.89. The van der Waals surface area contributed by atoms with Crippen molar-refractivity contribution in [3.63, 3.8) is 0 Å². The Morgan fingerprint density at radius 2 is 1.56 bits per heavy atom. The lowest BCUT2D eigenvalue weighted by Gasteiger charge is -2.33. The molecular weight excluding hydrogens is 271 g/mol. The fourth-order valence-electron chi connectivity index (χ4n) is 2.20. The highest BCUT2D eigenvalue weighted by atomic mass is 35.5. The van der Waals surface area contributed by atoms with Gasteiger partial charge < -0.3 is 4.79 Å². The van der Waals surface area contributed by atoms with E-state index in [4.69, 9.17) is 23.2 Å². The van der Waals surface area contributed by atoms with Gasteiger partial charge in [0.05, 0.1) is 6.54 Å². The number of piperazine rings is 1. The first-order valence-corrected chi connectivity index (χ1v) is 6.76. The summed E-state index contributed by atoms with van der Waals surface area (Å²) in [6, 6.07) is 5.64. The third-order valence-corrected chi connectivity index (χ3v) is 3.56. The van der Waals surface area contributed by atoms with Crippen molar-refractivity contribution in [3.05, 3.63) is 33.8 Å². The van der Waals surface area contributed by atoms with Crippen LogP contribution in [0.5, 0.6) is 0 Å². The predicted molar refractivity (Wildman–Crippen MR) is 74.2 cm³/mol. The number of carbonyl (C=O) groups is 1. The van der Waals surface area contributed by atoms with E-state index in [1.807, 2.05) is 12.1 Å². The van der Waals surface area contributed by atoms with Gasteiger partial charge in [0.1, 0.15) is 6.29 Å². The molecule has 1 aliphatic rings. The largest absolute Gasteiger partial charge is 0.302 e. The van der Waals surface area contributed by atoms with E-state index in [2.05, 4.69) is 9.80 Å². The Bertz CT molecular complexity index is 397. The van der Waals surface area contributed by atoms with E-state index in [-0.39, 0.29) is 0 Å². The number of halogens is 2. The molecule has 0 saturated carbocycles. The average molecular weight is 287 g/mol. The lowest BCUT2D eigenvalue weighted by molar-refractivity contribution is -0.109. The van der Waals surface area contributed by atoms with Crippen LogP contribution in [0.1, 0.15) is 5.56 Å². The quantitative estimate of drug-likeness (QED) is 0.794. The van der Waals surface area contributed by atoms with Gasteiger partial charge in [0.2, 0.25) is 0 Å². The minimum Gasteiger partial charge on any atom is -0.302 e. The summed E-state index contributed by atoms with van der Waals surface area (Å²) in [4.78, 5) is 14.9. The normalized spacial score (nSPS) is 17.9. The first kappa shape index (κ1) is 13.8. The third kappa shape index (κ3) is 3.95. The van der Waals surface area contributed by atoms with Crippen LogP contribution in [0.15, 0.2) is 18.2 Å². The SMILES string of the molecule is O=CCN1CCN(Cc2cc(Cl)cc(Cl)c2)CC1. The maximum atomic E-state index is 10.4. The fourth-order valence-corrected chi connectivity index (χ4v) is 2.77. The summed E-state index contributed by atoms with van der Waals surface area (Å²) in [5.41, 5.74) is 1.14. The molecule has 1 aromatic carbocycles. The van der Waals surface area contributed by atoms with Crippen LogP contribution < -0.4 is 0 Å². The van der Waals surface area contributed by atoms with E-state index in [1.165, 1.54) is 0 Å². The van der Waals surface area contributed by atoms with Crippen molar-refractivity contribution in [3.8, 4) is 0 Å². The second kappa shape index (κ2) is 6.53. The van der Waals surface area contributed by atoms with Crippen LogP contribution in [0.2, 0.25) is 10.0 Å². The zero-order chi connectivity index (χ0) is 13.0. The number of carbonyl (C=O) groups excluding carboxylic acids is 1. The van der Waals surface area contributed by atoms with Gasteiger partial charge in [0.15, 0.2) is 0 Å². The summed E-state index contributed by atoms with van der Waals surface area (Å²) in [6.45, 7) is 5.21. The zero-order valence-corrected chi connectivity index (χ0v) is 11.6. The molecule has 0 amide bonds. The van der Waals surface area contributed by atoms with Crippen LogP contribution in [0.3, 0.4) is 0 Å². The summed E-state index contributed by atoms with van der Waals surface area (Å²) in [6.07, 6.45) is 0.965. The van der Waals surface area contributed by atoms with Gasteiger partial charge in [0.25, 0.3) is 0 Å². The number of aldehydes is 1. The number of nitrogens with zero attached hydrogens (tertiary/aromatic N) is 2. The molecule has 0 radical (unpaired) electrons. The van der Waals surface area contributed by atoms with E-state index in [1.54, 1.807) is 6.07 Å². The smallest absolute Gasteiger partial charge is 0.133 e. The molecule has 0 unspecified atom stereocenters. The molecule has 3 nitrogen and oxygen atoms in total. The van der Waals surface area contributed by atoms with Crippen LogP contribution in [-0.2, 0) is 11.3 Å². The van der Waals surface area contributed by atoms with Crippen molar-refractivity contribution in [2.24, 2.45) is 0 Å². The predicted octanol–water partition coefficient (Wildman–Crippen LogP) is 2.31. The maximum absolute atomic E-state index is 10.4. The molecule has 0 aliphatic carbocycles. The Hall–Kier alpha value is -0.610. The van der Waals surface area contributed by atoms with Crippen molar-refractivity contribution < 1.29 is 4.79 Å². The molecule has 1 aromatic rings. The van der Waals surface area contributed by atoms with Gasteiger partial charge in [-0.15, -0.1) is 0 Å². The Labute approximate surface area is 117 Å². The highest BCUT2D eigenvalue weighted by molar-refractivity contribution is 6.34. The summed E-state index contributed by atoms with van der Waals surface area (Å²) >= 11 is 12.0. The second-order valence-electron chi connectivity index (χ2n) is 4.52. The molecule has 1 aliphatic heterocycles. The van der Waals surface area contributed by atoms with Gasteiger partial charge >= 0.3 is 0 Å². The molecule has 98 valence electrons. The monoisotopic (exact) mass is 286 g/mol. The molecule has 0 aromatic heterocycles. The van der Waals surface area contributed by atoms with Gasteiger partial charge in [-0.3, -0.25) is 9.80 Å². The second-order valence-corrected chi connectivity index (χ2v) is 5.39. The fraction of sp³-hybridized carbons (Fsp3) is 0.462. The molecule has 0 atom stereocenters. The summed E-state index contributed by atoms with van der Waals surface area (Å²) in [7, 11) is 0. The Morgan fingerprint density at radius 3 is 2.11 bits per heavy atom. The van der Waals surface area contributed by atoms with Crippen molar-refractivity contribution in [2.45, 2.75) is 6.54 Å². The topological polar surface area (TPSA) is 23.6 Å². The van der Waals surface area contributed by atoms with E-state index >= 15 is 0 Å². The van der Waals surface area contributed by atoms with Gasteiger partial charge in [-0.2, -0.15) is 0 Å². The minimum atomic E-state index is 0.539. The Morgan fingerprint density at radius 1 is 1.00 bits per heavy atom. The maximum Gasteiger partial charge on any atom is 0.133 e. The minimum absolute atomic E-state index is 0.539. The molecule has 0 N–H and O–H groups in total. The molecule has 0 spiro atoms. The number of rotatable bonds is 4. The van der Waals surface area contributed by atoms with E-state index in [9.17, 15) is 4.79 Å². The average Bonchev–Trinajstić information content (AvgIpc) is 2.31. The number of hydrogen-bond acceptors (Lipinski definition) is 3. The molecule has 1 heterocycles. The first-order chi connectivity index (χ1) is 8.67. The van der Waals surface area contributed by atoms with E-state index < -0.39 is 0 Å². The lowest BCUT2D eigenvalue weighted by atomic mass is 10.2. The van der Waals surface area contributed by atoms with Crippen molar-refractivity contribution in [1.82, 2.24) is 9.80 Å². The van der Waals surface area contributed by atoms with E-state index in [0.29, 0.717) is 16.6 Å². The number of benzene rings is 1. The van der Waals surface area contributed by atoms with Crippen molar-refractivity contribution in [1.29, 1.82) is 0 Å². The van der Waals surface area contributed by atoms with Gasteiger partial charge in [-0.25, -0.2) is 0 Å². The molecule has 0 bridgehead atoms. The van der Waals surface area contributed by atoms with Crippen molar-refractivity contribution in [2.75, 3.05) is 32.7 Å². The highest BCUT2D eigenvalue weighted by Crippen LogP contribution is 2.20. The van der Waals surface area contributed by atoms with Crippen LogP contribution in [0.4, 0.5) is 0 Å². The van der Waals surface area contributed by atoms with Crippen LogP contribution in [0, 0.1) is 0 Å².